The minimum Gasteiger partial charge on any atom is -0.393 e. The summed E-state index contributed by atoms with van der Waals surface area (Å²) in [5.74, 6) is 0.270. The van der Waals surface area contributed by atoms with Crippen LogP contribution in [0.4, 0.5) is 0 Å². The Kier molecular flexibility index (Phi) is 4.81. The third kappa shape index (κ3) is 3.58. The van der Waals surface area contributed by atoms with Crippen molar-refractivity contribution in [1.82, 2.24) is 4.90 Å². The van der Waals surface area contributed by atoms with Crippen molar-refractivity contribution in [2.45, 2.75) is 70.4 Å². The van der Waals surface area contributed by atoms with Gasteiger partial charge in [-0.3, -0.25) is 4.79 Å². The van der Waals surface area contributed by atoms with Gasteiger partial charge in [0.1, 0.15) is 0 Å². The van der Waals surface area contributed by atoms with E-state index in [9.17, 15) is 9.90 Å². The van der Waals surface area contributed by atoms with Crippen LogP contribution in [0.2, 0.25) is 0 Å². The summed E-state index contributed by atoms with van der Waals surface area (Å²) in [6.45, 7) is 2.69. The summed E-state index contributed by atoms with van der Waals surface area (Å²) in [7, 11) is 0. The van der Waals surface area contributed by atoms with Gasteiger partial charge in [0.15, 0.2) is 0 Å². The van der Waals surface area contributed by atoms with Gasteiger partial charge in [-0.1, -0.05) is 11.6 Å². The Morgan fingerprint density at radius 1 is 1.50 bits per heavy atom. The summed E-state index contributed by atoms with van der Waals surface area (Å²) in [5.41, 5.74) is 1.33. The maximum atomic E-state index is 12.3. The number of rotatable bonds is 4. The molecule has 2 rings (SSSR count). The van der Waals surface area contributed by atoms with Crippen molar-refractivity contribution >= 4 is 5.91 Å². The molecular weight excluding hydrogens is 226 g/mol. The Labute approximate surface area is 110 Å². The zero-order valence-electron chi connectivity index (χ0n) is 11.4. The maximum absolute atomic E-state index is 12.3. The Morgan fingerprint density at radius 3 is 3.00 bits per heavy atom. The second-order valence-corrected chi connectivity index (χ2v) is 5.75. The zero-order valence-corrected chi connectivity index (χ0v) is 11.4. The van der Waals surface area contributed by atoms with Gasteiger partial charge in [0, 0.05) is 19.0 Å². The van der Waals surface area contributed by atoms with Crippen LogP contribution in [-0.4, -0.2) is 34.6 Å². The molecule has 1 saturated heterocycles. The lowest BCUT2D eigenvalue weighted by molar-refractivity contribution is -0.131. The van der Waals surface area contributed by atoms with Crippen molar-refractivity contribution < 1.29 is 9.90 Å². The van der Waals surface area contributed by atoms with Crippen molar-refractivity contribution in [3.63, 3.8) is 0 Å². The summed E-state index contributed by atoms with van der Waals surface area (Å²) in [6.07, 6.45) is 10.2. The molecule has 1 heterocycles. The van der Waals surface area contributed by atoms with E-state index < -0.39 is 0 Å². The van der Waals surface area contributed by atoms with Gasteiger partial charge in [-0.15, -0.1) is 0 Å². The van der Waals surface area contributed by atoms with Crippen molar-refractivity contribution in [2.75, 3.05) is 6.54 Å². The smallest absolute Gasteiger partial charge is 0.226 e. The molecule has 1 amide bonds. The van der Waals surface area contributed by atoms with Gasteiger partial charge in [0.2, 0.25) is 5.91 Å². The number of carbonyl (C=O) groups excluding carboxylic acids is 1. The molecule has 1 fully saturated rings. The number of aliphatic hydroxyl groups is 1. The van der Waals surface area contributed by atoms with E-state index in [-0.39, 0.29) is 18.1 Å². The molecule has 0 saturated carbocycles. The molecule has 3 heteroatoms. The average molecular weight is 251 g/mol. The van der Waals surface area contributed by atoms with Crippen LogP contribution in [0.25, 0.3) is 0 Å². The molecule has 1 N–H and O–H groups in total. The fraction of sp³-hybridized carbons (Fsp3) is 0.800. The van der Waals surface area contributed by atoms with E-state index in [0.717, 1.165) is 38.6 Å². The fourth-order valence-corrected chi connectivity index (χ4v) is 3.16. The first-order valence-corrected chi connectivity index (χ1v) is 7.32. The molecule has 2 aliphatic rings. The summed E-state index contributed by atoms with van der Waals surface area (Å²) in [4.78, 5) is 14.3. The van der Waals surface area contributed by atoms with Gasteiger partial charge in [-0.25, -0.2) is 0 Å². The number of nitrogens with zero attached hydrogens (tertiary/aromatic N) is 1. The summed E-state index contributed by atoms with van der Waals surface area (Å²) in [5, 5.41) is 9.48. The number of amides is 1. The molecule has 0 unspecified atom stereocenters. The molecule has 0 spiro atoms. The first kappa shape index (κ1) is 13.6. The summed E-state index contributed by atoms with van der Waals surface area (Å²) >= 11 is 0. The van der Waals surface area contributed by atoms with Crippen molar-refractivity contribution in [3.8, 4) is 0 Å². The molecule has 2 atom stereocenters. The SMILES string of the molecule is C[C@@H](O)C[C@H]1CCCN1C(=O)CC1=CCCCC1. The largest absolute Gasteiger partial charge is 0.393 e. The molecular formula is C15H25NO2. The van der Waals surface area contributed by atoms with Gasteiger partial charge in [-0.05, 0) is 51.9 Å². The van der Waals surface area contributed by atoms with E-state index in [1.165, 1.54) is 18.4 Å². The highest BCUT2D eigenvalue weighted by atomic mass is 16.3. The first-order chi connectivity index (χ1) is 8.66. The number of hydrogen-bond donors (Lipinski definition) is 1. The van der Waals surface area contributed by atoms with Gasteiger partial charge >= 0.3 is 0 Å². The lowest BCUT2D eigenvalue weighted by Gasteiger charge is -2.26. The highest BCUT2D eigenvalue weighted by Gasteiger charge is 2.29. The molecule has 0 aromatic rings. The number of carbonyl (C=O) groups is 1. The topological polar surface area (TPSA) is 40.5 Å². The number of likely N-dealkylation sites (tertiary alicyclic amines) is 1. The van der Waals surface area contributed by atoms with Gasteiger partial charge < -0.3 is 10.0 Å². The second kappa shape index (κ2) is 6.37. The van der Waals surface area contributed by atoms with Gasteiger partial charge in [0.05, 0.1) is 6.10 Å². The quantitative estimate of drug-likeness (QED) is 0.780. The highest BCUT2D eigenvalue weighted by Crippen LogP contribution is 2.26. The minimum atomic E-state index is -0.308. The Morgan fingerprint density at radius 2 is 2.33 bits per heavy atom. The third-order valence-corrected chi connectivity index (χ3v) is 4.07. The van der Waals surface area contributed by atoms with E-state index >= 15 is 0 Å². The van der Waals surface area contributed by atoms with Crippen LogP contribution in [0, 0.1) is 0 Å². The maximum Gasteiger partial charge on any atom is 0.226 e. The van der Waals surface area contributed by atoms with Gasteiger partial charge in [0.25, 0.3) is 0 Å². The van der Waals surface area contributed by atoms with E-state index in [1.807, 2.05) is 11.8 Å². The van der Waals surface area contributed by atoms with Crippen LogP contribution in [-0.2, 0) is 4.79 Å². The van der Waals surface area contributed by atoms with E-state index in [1.54, 1.807) is 0 Å². The van der Waals surface area contributed by atoms with Crippen LogP contribution in [0.5, 0.6) is 0 Å². The lowest BCUT2D eigenvalue weighted by atomic mass is 9.96. The molecule has 0 bridgehead atoms. The van der Waals surface area contributed by atoms with Crippen LogP contribution < -0.4 is 0 Å². The van der Waals surface area contributed by atoms with Crippen LogP contribution in [0.3, 0.4) is 0 Å². The predicted molar refractivity (Wildman–Crippen MR) is 72.2 cm³/mol. The molecule has 0 aromatic heterocycles. The number of aliphatic hydroxyl groups excluding tert-OH is 1. The standard InChI is InChI=1S/C15H25NO2/c1-12(17)10-14-8-5-9-16(14)15(18)11-13-6-3-2-4-7-13/h6,12,14,17H,2-5,7-11H2,1H3/t12-,14-/m1/s1. The average Bonchev–Trinajstić information content (AvgIpc) is 2.77. The predicted octanol–water partition coefficient (Wildman–Crippen LogP) is 2.64. The third-order valence-electron chi connectivity index (χ3n) is 4.07. The van der Waals surface area contributed by atoms with E-state index in [0.29, 0.717) is 6.42 Å². The lowest BCUT2D eigenvalue weighted by Crippen LogP contribution is -2.37. The van der Waals surface area contributed by atoms with Crippen LogP contribution in [0.15, 0.2) is 11.6 Å². The number of allylic oxidation sites excluding steroid dienone is 1. The van der Waals surface area contributed by atoms with Crippen LogP contribution >= 0.6 is 0 Å². The molecule has 3 nitrogen and oxygen atoms in total. The van der Waals surface area contributed by atoms with Crippen molar-refractivity contribution in [2.24, 2.45) is 0 Å². The van der Waals surface area contributed by atoms with E-state index in [2.05, 4.69) is 6.08 Å². The van der Waals surface area contributed by atoms with Crippen LogP contribution in [0.1, 0.15) is 58.3 Å². The van der Waals surface area contributed by atoms with Gasteiger partial charge in [-0.2, -0.15) is 0 Å². The van der Waals surface area contributed by atoms with Crippen molar-refractivity contribution in [3.05, 3.63) is 11.6 Å². The molecule has 1 aliphatic heterocycles. The molecule has 18 heavy (non-hydrogen) atoms. The Bertz CT molecular complexity index is 322. The zero-order chi connectivity index (χ0) is 13.0. The van der Waals surface area contributed by atoms with Crippen molar-refractivity contribution in [1.29, 1.82) is 0 Å². The molecule has 1 aliphatic carbocycles. The Hall–Kier alpha value is -0.830. The van der Waals surface area contributed by atoms with E-state index in [4.69, 9.17) is 0 Å². The normalized spacial score (nSPS) is 26.0. The minimum absolute atomic E-state index is 0.265. The highest BCUT2D eigenvalue weighted by molar-refractivity contribution is 5.79. The molecule has 102 valence electrons. The first-order valence-electron chi connectivity index (χ1n) is 7.32. The number of hydrogen-bond acceptors (Lipinski definition) is 2. The Balaban J connectivity index is 1.89. The summed E-state index contributed by atoms with van der Waals surface area (Å²) in [6, 6.07) is 0.265. The summed E-state index contributed by atoms with van der Waals surface area (Å²) < 4.78 is 0. The fourth-order valence-electron chi connectivity index (χ4n) is 3.16. The molecule has 0 aromatic carbocycles. The molecule has 0 radical (unpaired) electrons. The monoisotopic (exact) mass is 251 g/mol. The second-order valence-electron chi connectivity index (χ2n) is 5.75.